The van der Waals surface area contributed by atoms with Crippen molar-refractivity contribution in [1.82, 2.24) is 9.78 Å². The highest BCUT2D eigenvalue weighted by Gasteiger charge is 2.12. The van der Waals surface area contributed by atoms with Crippen molar-refractivity contribution in [2.24, 2.45) is 0 Å². The van der Waals surface area contributed by atoms with Gasteiger partial charge in [-0.1, -0.05) is 18.2 Å². The Labute approximate surface area is 178 Å². The van der Waals surface area contributed by atoms with Gasteiger partial charge in [0.05, 0.1) is 12.2 Å². The van der Waals surface area contributed by atoms with Gasteiger partial charge >= 0.3 is 5.97 Å². The first-order chi connectivity index (χ1) is 14.5. The number of aromatic nitrogens is 2. The van der Waals surface area contributed by atoms with Crippen molar-refractivity contribution < 1.29 is 23.5 Å². The number of nitrogens with zero attached hydrogens (tertiary/aromatic N) is 2. The minimum absolute atomic E-state index is 0.0752. The lowest BCUT2D eigenvalue weighted by Gasteiger charge is -2.06. The zero-order valence-electron chi connectivity index (χ0n) is 16.6. The molecule has 0 unspecified atom stereocenters. The quantitative estimate of drug-likeness (QED) is 0.430. The number of hydrogen-bond acceptors (Lipinski definition) is 7. The SMILES string of the molecule is CCOC(=O)c1ccc(NC(=O)Cn2nc(COc3ccccc3C)oc2=S)cc1. The molecule has 0 saturated carbocycles. The molecule has 0 bridgehead atoms. The molecule has 1 amide bonds. The topological polar surface area (TPSA) is 95.6 Å². The smallest absolute Gasteiger partial charge is 0.338 e. The fourth-order valence-electron chi connectivity index (χ4n) is 2.61. The summed E-state index contributed by atoms with van der Waals surface area (Å²) in [6, 6.07) is 14.0. The second-order valence-electron chi connectivity index (χ2n) is 6.32. The van der Waals surface area contributed by atoms with E-state index in [1.54, 1.807) is 31.2 Å². The van der Waals surface area contributed by atoms with Crippen LogP contribution in [0.5, 0.6) is 5.75 Å². The molecule has 30 heavy (non-hydrogen) atoms. The Morgan fingerprint density at radius 3 is 2.60 bits per heavy atom. The van der Waals surface area contributed by atoms with Gasteiger partial charge in [0.1, 0.15) is 12.3 Å². The van der Waals surface area contributed by atoms with Crippen molar-refractivity contribution in [3.63, 3.8) is 0 Å². The maximum absolute atomic E-state index is 12.3. The molecule has 156 valence electrons. The van der Waals surface area contributed by atoms with Crippen LogP contribution in [0.25, 0.3) is 0 Å². The van der Waals surface area contributed by atoms with E-state index in [1.807, 2.05) is 31.2 Å². The Hall–Kier alpha value is -3.46. The Morgan fingerprint density at radius 2 is 1.90 bits per heavy atom. The summed E-state index contributed by atoms with van der Waals surface area (Å²) >= 11 is 5.13. The molecule has 9 heteroatoms. The summed E-state index contributed by atoms with van der Waals surface area (Å²) in [6.07, 6.45) is 0. The van der Waals surface area contributed by atoms with Gasteiger partial charge in [0.15, 0.2) is 6.61 Å². The molecule has 0 fully saturated rings. The molecule has 0 aliphatic carbocycles. The van der Waals surface area contributed by atoms with Gasteiger partial charge in [-0.05, 0) is 62.0 Å². The van der Waals surface area contributed by atoms with E-state index < -0.39 is 5.97 Å². The molecule has 0 saturated heterocycles. The number of amides is 1. The molecule has 2 aromatic carbocycles. The molecule has 3 rings (SSSR count). The first-order valence-electron chi connectivity index (χ1n) is 9.28. The minimum Gasteiger partial charge on any atom is -0.484 e. The zero-order valence-corrected chi connectivity index (χ0v) is 17.4. The third kappa shape index (κ3) is 5.54. The van der Waals surface area contributed by atoms with Gasteiger partial charge in [-0.3, -0.25) is 4.79 Å². The van der Waals surface area contributed by atoms with Crippen LogP contribution < -0.4 is 10.1 Å². The van der Waals surface area contributed by atoms with Gasteiger partial charge in [0.25, 0.3) is 10.7 Å². The number of benzene rings is 2. The Balaban J connectivity index is 1.57. The van der Waals surface area contributed by atoms with Crippen LogP contribution in [0.3, 0.4) is 0 Å². The Bertz CT molecular complexity index is 1090. The molecule has 0 atom stereocenters. The lowest BCUT2D eigenvalue weighted by atomic mass is 10.2. The first kappa shape index (κ1) is 21.3. The average Bonchev–Trinajstić information content (AvgIpc) is 3.07. The molecule has 1 N–H and O–H groups in total. The summed E-state index contributed by atoms with van der Waals surface area (Å²) in [5.74, 6) is 0.242. The fraction of sp³-hybridized carbons (Fsp3) is 0.238. The molecule has 1 heterocycles. The molecule has 3 aromatic rings. The van der Waals surface area contributed by atoms with Crippen LogP contribution in [0, 0.1) is 11.8 Å². The predicted molar refractivity (Wildman–Crippen MR) is 112 cm³/mol. The largest absolute Gasteiger partial charge is 0.484 e. The zero-order chi connectivity index (χ0) is 21.5. The second-order valence-corrected chi connectivity index (χ2v) is 6.67. The van der Waals surface area contributed by atoms with Gasteiger partial charge < -0.3 is 19.2 Å². The molecular weight excluding hydrogens is 406 g/mol. The van der Waals surface area contributed by atoms with Crippen LogP contribution in [0.2, 0.25) is 0 Å². The Morgan fingerprint density at radius 1 is 1.17 bits per heavy atom. The molecule has 0 aliphatic rings. The molecule has 8 nitrogen and oxygen atoms in total. The number of ether oxygens (including phenoxy) is 2. The van der Waals surface area contributed by atoms with Gasteiger partial charge in [-0.25, -0.2) is 9.48 Å². The van der Waals surface area contributed by atoms with E-state index in [0.717, 1.165) is 11.3 Å². The summed E-state index contributed by atoms with van der Waals surface area (Å²) < 4.78 is 17.3. The van der Waals surface area contributed by atoms with Gasteiger partial charge in [0.2, 0.25) is 5.91 Å². The molecule has 0 radical (unpaired) electrons. The number of carbonyl (C=O) groups is 2. The van der Waals surface area contributed by atoms with Crippen molar-refractivity contribution in [3.8, 4) is 5.75 Å². The predicted octanol–water partition coefficient (Wildman–Crippen LogP) is 3.91. The van der Waals surface area contributed by atoms with E-state index in [-0.39, 0.29) is 29.8 Å². The van der Waals surface area contributed by atoms with Crippen LogP contribution in [0.1, 0.15) is 28.7 Å². The van der Waals surface area contributed by atoms with E-state index in [9.17, 15) is 9.59 Å². The number of esters is 1. The molecule has 1 aromatic heterocycles. The van der Waals surface area contributed by atoms with Gasteiger partial charge in [-0.2, -0.15) is 0 Å². The third-order valence-electron chi connectivity index (χ3n) is 4.07. The van der Waals surface area contributed by atoms with E-state index in [0.29, 0.717) is 17.9 Å². The van der Waals surface area contributed by atoms with Crippen molar-refractivity contribution in [2.45, 2.75) is 27.0 Å². The normalized spacial score (nSPS) is 10.5. The van der Waals surface area contributed by atoms with Crippen LogP contribution >= 0.6 is 12.2 Å². The van der Waals surface area contributed by atoms with E-state index in [2.05, 4.69) is 10.4 Å². The van der Waals surface area contributed by atoms with Crippen molar-refractivity contribution in [1.29, 1.82) is 0 Å². The number of aryl methyl sites for hydroxylation is 1. The maximum atomic E-state index is 12.3. The minimum atomic E-state index is -0.412. The Kier molecular flexibility index (Phi) is 6.97. The summed E-state index contributed by atoms with van der Waals surface area (Å²) in [5.41, 5.74) is 1.93. The van der Waals surface area contributed by atoms with E-state index >= 15 is 0 Å². The van der Waals surface area contributed by atoms with Crippen molar-refractivity contribution in [3.05, 3.63) is 70.4 Å². The number of nitrogens with one attached hydrogen (secondary N) is 1. The van der Waals surface area contributed by atoms with Crippen LogP contribution in [0.15, 0.2) is 52.9 Å². The van der Waals surface area contributed by atoms with E-state index in [1.165, 1.54) is 4.68 Å². The van der Waals surface area contributed by atoms with Crippen LogP contribution in [-0.4, -0.2) is 28.3 Å². The maximum Gasteiger partial charge on any atom is 0.338 e. The lowest BCUT2D eigenvalue weighted by molar-refractivity contribution is -0.117. The highest BCUT2D eigenvalue weighted by molar-refractivity contribution is 7.71. The van der Waals surface area contributed by atoms with Crippen molar-refractivity contribution >= 4 is 29.8 Å². The summed E-state index contributed by atoms with van der Waals surface area (Å²) in [6.45, 7) is 3.95. The fourth-order valence-corrected chi connectivity index (χ4v) is 2.81. The summed E-state index contributed by atoms with van der Waals surface area (Å²) in [5, 5.41) is 6.91. The van der Waals surface area contributed by atoms with Crippen LogP contribution in [0.4, 0.5) is 5.69 Å². The molecule has 0 aliphatic heterocycles. The number of carbonyl (C=O) groups excluding carboxylic acids is 2. The van der Waals surface area contributed by atoms with Gasteiger partial charge in [-0.15, -0.1) is 5.10 Å². The molecule has 0 spiro atoms. The monoisotopic (exact) mass is 427 g/mol. The van der Waals surface area contributed by atoms with Gasteiger partial charge in [0, 0.05) is 5.69 Å². The van der Waals surface area contributed by atoms with E-state index in [4.69, 9.17) is 26.1 Å². The standard InChI is InChI=1S/C21H21N3O5S/c1-3-27-20(26)15-8-10-16(11-9-15)22-18(25)12-24-21(30)29-19(23-24)13-28-17-7-5-4-6-14(17)2/h4-11H,3,12-13H2,1-2H3,(H,22,25). The number of hydrogen-bond donors (Lipinski definition) is 1. The number of para-hydroxylation sites is 1. The number of anilines is 1. The lowest BCUT2D eigenvalue weighted by Crippen LogP contribution is -2.20. The first-order valence-corrected chi connectivity index (χ1v) is 9.69. The highest BCUT2D eigenvalue weighted by atomic mass is 32.1. The summed E-state index contributed by atoms with van der Waals surface area (Å²) in [4.78, 5) is 24.0. The average molecular weight is 427 g/mol. The second kappa shape index (κ2) is 9.84. The molecular formula is C21H21N3O5S. The highest BCUT2D eigenvalue weighted by Crippen LogP contribution is 2.17. The number of rotatable bonds is 8. The van der Waals surface area contributed by atoms with Crippen LogP contribution in [-0.2, 0) is 22.7 Å². The summed E-state index contributed by atoms with van der Waals surface area (Å²) in [7, 11) is 0. The van der Waals surface area contributed by atoms with Crippen molar-refractivity contribution in [2.75, 3.05) is 11.9 Å². The third-order valence-corrected chi connectivity index (χ3v) is 4.36.